The van der Waals surface area contributed by atoms with Crippen molar-refractivity contribution in [2.45, 2.75) is 39.3 Å². The van der Waals surface area contributed by atoms with Crippen LogP contribution in [0.2, 0.25) is 0 Å². The molecule has 1 aliphatic rings. The molecule has 2 aromatic carbocycles. The van der Waals surface area contributed by atoms with Crippen molar-refractivity contribution in [1.82, 2.24) is 4.90 Å². The van der Waals surface area contributed by atoms with Gasteiger partial charge in [-0.2, -0.15) is 0 Å². The van der Waals surface area contributed by atoms with E-state index >= 15 is 0 Å². The van der Waals surface area contributed by atoms with Gasteiger partial charge in [-0.1, -0.05) is 48.0 Å². The van der Waals surface area contributed by atoms with E-state index in [1.165, 1.54) is 10.5 Å². The quantitative estimate of drug-likeness (QED) is 0.830. The average molecular weight is 369 g/mol. The second kappa shape index (κ2) is 7.56. The molecule has 0 aromatic heterocycles. The largest absolute Gasteiger partial charge is 0.468 e. The smallest absolute Gasteiger partial charge is 0.266 e. The van der Waals surface area contributed by atoms with Crippen LogP contribution in [0.25, 0.3) is 0 Å². The van der Waals surface area contributed by atoms with Crippen LogP contribution < -0.4 is 0 Å². The van der Waals surface area contributed by atoms with Crippen molar-refractivity contribution in [3.63, 3.8) is 0 Å². The Kier molecular flexibility index (Phi) is 5.39. The van der Waals surface area contributed by atoms with Gasteiger partial charge >= 0.3 is 0 Å². The molecule has 5 heteroatoms. The van der Waals surface area contributed by atoms with Crippen molar-refractivity contribution in [2.24, 2.45) is 0 Å². The molecule has 0 aliphatic carbocycles. The number of hydrogen-bond donors (Lipinski definition) is 1. The van der Waals surface area contributed by atoms with Crippen molar-refractivity contribution in [3.8, 4) is 0 Å². The van der Waals surface area contributed by atoms with E-state index in [-0.39, 0.29) is 23.5 Å². The number of nitrogens with zero attached hydrogens (tertiary/aromatic N) is 1. The third-order valence-electron chi connectivity index (χ3n) is 4.77. The Labute approximate surface area is 159 Å². The van der Waals surface area contributed by atoms with Gasteiger partial charge in [-0.05, 0) is 55.2 Å². The van der Waals surface area contributed by atoms with Gasteiger partial charge in [0.2, 0.25) is 5.91 Å². The summed E-state index contributed by atoms with van der Waals surface area (Å²) in [6, 6.07) is 13.1. The molecule has 1 saturated heterocycles. The predicted molar refractivity (Wildman–Crippen MR) is 105 cm³/mol. The lowest BCUT2D eigenvalue weighted by molar-refractivity contribution is -0.130. The number of carbonyl (C=O) groups excluding carboxylic acids is 1. The molecule has 0 radical (unpaired) electrons. The number of hydrogen-bond acceptors (Lipinski definition) is 4. The predicted octanol–water partition coefficient (Wildman–Crippen LogP) is 3.92. The van der Waals surface area contributed by atoms with Crippen LogP contribution in [0.15, 0.2) is 42.5 Å². The maximum absolute atomic E-state index is 12.9. The zero-order valence-electron chi connectivity index (χ0n) is 15.2. The number of aliphatic hydroxyl groups is 1. The minimum atomic E-state index is -0.868. The van der Waals surface area contributed by atoms with E-state index in [1.54, 1.807) is 0 Å². The summed E-state index contributed by atoms with van der Waals surface area (Å²) in [5, 5.41) is 10.6. The molecule has 2 atom stereocenters. The van der Waals surface area contributed by atoms with Crippen LogP contribution in [0.1, 0.15) is 46.4 Å². The number of rotatable bonds is 4. The second-order valence-electron chi connectivity index (χ2n) is 6.80. The van der Waals surface area contributed by atoms with Gasteiger partial charge < -0.3 is 9.84 Å². The number of carbonyl (C=O) groups is 1. The highest BCUT2D eigenvalue weighted by atomic mass is 32.1. The highest BCUT2D eigenvalue weighted by Gasteiger charge is 2.38. The number of amides is 1. The van der Waals surface area contributed by atoms with Gasteiger partial charge in [0.05, 0.1) is 12.5 Å². The van der Waals surface area contributed by atoms with Crippen LogP contribution in [0.3, 0.4) is 0 Å². The van der Waals surface area contributed by atoms with Crippen LogP contribution in [0.5, 0.6) is 0 Å². The molecule has 0 saturated carbocycles. The van der Waals surface area contributed by atoms with Crippen molar-refractivity contribution in [1.29, 1.82) is 0 Å². The number of thiocarbonyl (C=S) groups is 1. The Morgan fingerprint density at radius 2 is 1.85 bits per heavy atom. The Morgan fingerprint density at radius 3 is 2.46 bits per heavy atom. The van der Waals surface area contributed by atoms with E-state index in [2.05, 4.69) is 19.1 Å². The molecule has 3 rings (SSSR count). The van der Waals surface area contributed by atoms with Crippen LogP contribution in [0.4, 0.5) is 0 Å². The SMILES string of the molecule is Cc1cc(C)c([C@H]2COC(=S)N2C(=O)C[C@@H](O)c2ccccc2)c(C)c1. The molecule has 1 aliphatic heterocycles. The maximum Gasteiger partial charge on any atom is 0.266 e. The molecule has 1 heterocycles. The standard InChI is InChI=1S/C21H23NO3S/c1-13-9-14(2)20(15(3)10-13)17-12-25-21(26)22(17)19(24)11-18(23)16-7-5-4-6-8-16/h4-10,17-18,23H,11-12H2,1-3H3/t17-,18-/m1/s1. The first-order chi connectivity index (χ1) is 12.4. The first-order valence-electron chi connectivity index (χ1n) is 8.68. The van der Waals surface area contributed by atoms with Crippen LogP contribution in [-0.4, -0.2) is 27.7 Å². The van der Waals surface area contributed by atoms with Crippen LogP contribution in [-0.2, 0) is 9.53 Å². The van der Waals surface area contributed by atoms with Gasteiger partial charge in [-0.3, -0.25) is 9.69 Å². The maximum atomic E-state index is 12.9. The molecule has 4 nitrogen and oxygen atoms in total. The van der Waals surface area contributed by atoms with Gasteiger partial charge in [0.15, 0.2) is 0 Å². The minimum absolute atomic E-state index is 0.0338. The zero-order chi connectivity index (χ0) is 18.8. The fourth-order valence-electron chi connectivity index (χ4n) is 3.68. The molecule has 26 heavy (non-hydrogen) atoms. The fourth-order valence-corrected chi connectivity index (χ4v) is 3.98. The molecule has 0 bridgehead atoms. The lowest BCUT2D eigenvalue weighted by Crippen LogP contribution is -2.35. The minimum Gasteiger partial charge on any atom is -0.468 e. The summed E-state index contributed by atoms with van der Waals surface area (Å²) in [7, 11) is 0. The van der Waals surface area contributed by atoms with Crippen molar-refractivity contribution in [3.05, 3.63) is 70.3 Å². The summed E-state index contributed by atoms with van der Waals surface area (Å²) in [5.41, 5.74) is 5.19. The summed E-state index contributed by atoms with van der Waals surface area (Å²) in [6.45, 7) is 6.48. The molecule has 136 valence electrons. The van der Waals surface area contributed by atoms with E-state index in [4.69, 9.17) is 17.0 Å². The van der Waals surface area contributed by atoms with E-state index in [9.17, 15) is 9.90 Å². The molecule has 0 spiro atoms. The number of benzene rings is 2. The fraction of sp³-hybridized carbons (Fsp3) is 0.333. The Morgan fingerprint density at radius 1 is 1.23 bits per heavy atom. The summed E-state index contributed by atoms with van der Waals surface area (Å²) >= 11 is 5.28. The summed E-state index contributed by atoms with van der Waals surface area (Å²) in [4.78, 5) is 14.4. The first-order valence-corrected chi connectivity index (χ1v) is 9.09. The van der Waals surface area contributed by atoms with Gasteiger partial charge in [-0.25, -0.2) is 0 Å². The lowest BCUT2D eigenvalue weighted by Gasteiger charge is -2.25. The van der Waals surface area contributed by atoms with Crippen LogP contribution in [0, 0.1) is 20.8 Å². The van der Waals surface area contributed by atoms with Crippen LogP contribution >= 0.6 is 12.2 Å². The second-order valence-corrected chi connectivity index (χ2v) is 7.15. The molecule has 1 fully saturated rings. The Hall–Kier alpha value is -2.24. The summed E-state index contributed by atoms with van der Waals surface area (Å²) in [6.07, 6.45) is -0.901. The van der Waals surface area contributed by atoms with E-state index in [1.807, 2.05) is 44.2 Å². The number of aryl methyl sites for hydroxylation is 3. The van der Waals surface area contributed by atoms with Gasteiger partial charge in [0.1, 0.15) is 12.6 Å². The summed E-state index contributed by atoms with van der Waals surface area (Å²) < 4.78 is 5.54. The monoisotopic (exact) mass is 369 g/mol. The highest BCUT2D eigenvalue weighted by Crippen LogP contribution is 2.34. The third-order valence-corrected chi connectivity index (χ3v) is 5.08. The topological polar surface area (TPSA) is 49.8 Å². The lowest BCUT2D eigenvalue weighted by atomic mass is 9.93. The van der Waals surface area contributed by atoms with E-state index in [0.717, 1.165) is 16.7 Å². The highest BCUT2D eigenvalue weighted by molar-refractivity contribution is 7.80. The van der Waals surface area contributed by atoms with Crippen molar-refractivity contribution < 1.29 is 14.6 Å². The van der Waals surface area contributed by atoms with Gasteiger partial charge in [0.25, 0.3) is 5.17 Å². The zero-order valence-corrected chi connectivity index (χ0v) is 16.0. The summed E-state index contributed by atoms with van der Waals surface area (Å²) in [5.74, 6) is -0.228. The average Bonchev–Trinajstić information content (AvgIpc) is 2.96. The molecule has 2 aromatic rings. The van der Waals surface area contributed by atoms with Gasteiger partial charge in [0, 0.05) is 0 Å². The molecular formula is C21H23NO3S. The first kappa shape index (κ1) is 18.5. The van der Waals surface area contributed by atoms with Crippen molar-refractivity contribution in [2.75, 3.05) is 6.61 Å². The normalized spacial score (nSPS) is 17.9. The molecule has 0 unspecified atom stereocenters. The third kappa shape index (κ3) is 3.64. The Balaban J connectivity index is 1.85. The molecular weight excluding hydrogens is 346 g/mol. The number of aliphatic hydroxyl groups excluding tert-OH is 1. The van der Waals surface area contributed by atoms with Crippen molar-refractivity contribution >= 4 is 23.3 Å². The molecule has 1 amide bonds. The number of ether oxygens (including phenoxy) is 1. The Bertz CT molecular complexity index is 811. The van der Waals surface area contributed by atoms with E-state index in [0.29, 0.717) is 12.2 Å². The van der Waals surface area contributed by atoms with Gasteiger partial charge in [-0.15, -0.1) is 0 Å². The molecule has 1 N–H and O–H groups in total. The van der Waals surface area contributed by atoms with E-state index < -0.39 is 6.10 Å².